The lowest BCUT2D eigenvalue weighted by Crippen LogP contribution is -2.27. The van der Waals surface area contributed by atoms with E-state index in [1.165, 1.54) is 24.3 Å². The molecule has 2 aromatic carbocycles. The molecule has 2 aliphatic heterocycles. The second-order valence-electron chi connectivity index (χ2n) is 5.92. The van der Waals surface area contributed by atoms with Crippen molar-refractivity contribution in [2.24, 2.45) is 0 Å². The minimum absolute atomic E-state index is 0.0570. The van der Waals surface area contributed by atoms with Crippen molar-refractivity contribution in [3.63, 3.8) is 0 Å². The van der Waals surface area contributed by atoms with Crippen LogP contribution in [0.15, 0.2) is 41.3 Å². The molecule has 1 saturated heterocycles. The molecule has 0 spiro atoms. The third kappa shape index (κ3) is 3.41. The molecule has 1 fully saturated rings. The first kappa shape index (κ1) is 18.3. The molecule has 10 heteroatoms. The highest BCUT2D eigenvalue weighted by atomic mass is 35.5. The molecule has 0 N–H and O–H groups in total. The number of ether oxygens (including phenoxy) is 2. The van der Waals surface area contributed by atoms with E-state index in [0.29, 0.717) is 27.6 Å². The van der Waals surface area contributed by atoms with Crippen LogP contribution in [0.3, 0.4) is 0 Å². The maximum Gasteiger partial charge on any atom is 0.293 e. The average Bonchev–Trinajstić information content (AvgIpc) is 3.21. The smallest absolute Gasteiger partial charge is 0.293 e. The highest BCUT2D eigenvalue weighted by Crippen LogP contribution is 2.40. The van der Waals surface area contributed by atoms with E-state index in [4.69, 9.17) is 21.1 Å². The number of carbonyl (C=O) groups excluding carboxylic acids is 2. The van der Waals surface area contributed by atoms with Gasteiger partial charge in [-0.3, -0.25) is 24.6 Å². The van der Waals surface area contributed by atoms with Gasteiger partial charge >= 0.3 is 0 Å². The lowest BCUT2D eigenvalue weighted by atomic mass is 10.1. The van der Waals surface area contributed by atoms with Crippen LogP contribution in [0.25, 0.3) is 6.08 Å². The lowest BCUT2D eigenvalue weighted by Gasteiger charge is -2.12. The summed E-state index contributed by atoms with van der Waals surface area (Å²) in [7, 11) is 0. The highest BCUT2D eigenvalue weighted by Gasteiger charge is 2.35. The maximum atomic E-state index is 12.7. The molecule has 0 bridgehead atoms. The molecular weight excluding hydrogens is 408 g/mol. The fourth-order valence-corrected chi connectivity index (χ4v) is 3.81. The molecule has 28 heavy (non-hydrogen) atoms. The lowest BCUT2D eigenvalue weighted by molar-refractivity contribution is -0.384. The van der Waals surface area contributed by atoms with Gasteiger partial charge in [0.15, 0.2) is 11.5 Å². The Bertz CT molecular complexity index is 1050. The predicted octanol–water partition coefficient (Wildman–Crippen LogP) is 4.21. The van der Waals surface area contributed by atoms with E-state index in [1.807, 2.05) is 0 Å². The number of nitrogens with zero attached hydrogens (tertiary/aromatic N) is 2. The largest absolute Gasteiger partial charge is 0.454 e. The summed E-state index contributed by atoms with van der Waals surface area (Å²) < 4.78 is 10.5. The van der Waals surface area contributed by atoms with Crippen molar-refractivity contribution in [3.8, 4) is 11.5 Å². The van der Waals surface area contributed by atoms with Gasteiger partial charge in [0.1, 0.15) is 0 Å². The van der Waals surface area contributed by atoms with Gasteiger partial charge in [-0.25, -0.2) is 0 Å². The zero-order valence-electron chi connectivity index (χ0n) is 14.1. The van der Waals surface area contributed by atoms with Gasteiger partial charge in [0.25, 0.3) is 16.8 Å². The first-order valence-corrected chi connectivity index (χ1v) is 9.19. The number of nitro groups is 1. The molecule has 0 aliphatic carbocycles. The zero-order chi connectivity index (χ0) is 19.8. The van der Waals surface area contributed by atoms with Crippen LogP contribution in [0, 0.1) is 10.1 Å². The zero-order valence-corrected chi connectivity index (χ0v) is 15.7. The Balaban J connectivity index is 1.58. The maximum absolute atomic E-state index is 12.7. The van der Waals surface area contributed by atoms with Crippen LogP contribution >= 0.6 is 23.4 Å². The van der Waals surface area contributed by atoms with Crippen LogP contribution in [-0.2, 0) is 11.3 Å². The van der Waals surface area contributed by atoms with Crippen LogP contribution < -0.4 is 9.47 Å². The van der Waals surface area contributed by atoms with Crippen LogP contribution in [0.5, 0.6) is 11.5 Å². The fraction of sp³-hybridized carbons (Fsp3) is 0.111. The van der Waals surface area contributed by atoms with Crippen molar-refractivity contribution in [3.05, 3.63) is 67.6 Å². The number of benzene rings is 2. The minimum atomic E-state index is -0.529. The number of hydrogen-bond donors (Lipinski definition) is 0. The SMILES string of the molecule is O=C1SC(=Cc2cc3c(cc2Cl)OCO3)C(=O)N1Cc1cccc([N+](=O)[O-])c1. The summed E-state index contributed by atoms with van der Waals surface area (Å²) in [5.74, 6) is 0.530. The molecule has 8 nitrogen and oxygen atoms in total. The van der Waals surface area contributed by atoms with Crippen molar-refractivity contribution in [1.82, 2.24) is 4.90 Å². The van der Waals surface area contributed by atoms with Crippen molar-refractivity contribution < 1.29 is 24.0 Å². The van der Waals surface area contributed by atoms with Gasteiger partial charge in [0, 0.05) is 18.2 Å². The van der Waals surface area contributed by atoms with E-state index in [-0.39, 0.29) is 23.9 Å². The number of hydrogen-bond acceptors (Lipinski definition) is 7. The molecule has 0 unspecified atom stereocenters. The van der Waals surface area contributed by atoms with E-state index < -0.39 is 16.1 Å². The van der Waals surface area contributed by atoms with Crippen molar-refractivity contribution >= 4 is 46.3 Å². The van der Waals surface area contributed by atoms with E-state index in [0.717, 1.165) is 16.7 Å². The van der Waals surface area contributed by atoms with Crippen LogP contribution in [0.1, 0.15) is 11.1 Å². The predicted molar refractivity (Wildman–Crippen MR) is 102 cm³/mol. The first-order valence-electron chi connectivity index (χ1n) is 8.00. The molecule has 0 radical (unpaired) electrons. The summed E-state index contributed by atoms with van der Waals surface area (Å²) in [5.41, 5.74) is 0.901. The summed E-state index contributed by atoms with van der Waals surface area (Å²) in [4.78, 5) is 36.6. The molecule has 2 aromatic rings. The van der Waals surface area contributed by atoms with Gasteiger partial charge in [-0.05, 0) is 35.0 Å². The topological polar surface area (TPSA) is 99.0 Å². The van der Waals surface area contributed by atoms with E-state index in [1.54, 1.807) is 18.2 Å². The van der Waals surface area contributed by atoms with Gasteiger partial charge in [0.05, 0.1) is 21.4 Å². The Morgan fingerprint density at radius 1 is 1.21 bits per heavy atom. The van der Waals surface area contributed by atoms with Crippen molar-refractivity contribution in [2.45, 2.75) is 6.54 Å². The molecule has 0 aromatic heterocycles. The van der Waals surface area contributed by atoms with Crippen molar-refractivity contribution in [1.29, 1.82) is 0 Å². The molecular formula is C18H11ClN2O6S. The third-order valence-electron chi connectivity index (χ3n) is 4.11. The number of halogens is 1. The van der Waals surface area contributed by atoms with Gasteiger partial charge < -0.3 is 9.47 Å². The normalized spacial score (nSPS) is 16.9. The second-order valence-corrected chi connectivity index (χ2v) is 7.32. The standard InChI is InChI=1S/C18H11ClN2O6S/c19-13-7-15-14(26-9-27-15)5-11(13)6-16-17(22)20(18(23)28-16)8-10-2-1-3-12(4-10)21(24)25/h1-7H,8-9H2. The summed E-state index contributed by atoms with van der Waals surface area (Å²) >= 11 is 7.00. The number of imide groups is 1. The van der Waals surface area contributed by atoms with Gasteiger partial charge in [0.2, 0.25) is 6.79 Å². The Hall–Kier alpha value is -3.04. The summed E-state index contributed by atoms with van der Waals surface area (Å²) in [6.45, 7) is 0.0351. The molecule has 4 rings (SSSR count). The monoisotopic (exact) mass is 418 g/mol. The molecule has 0 saturated carbocycles. The molecule has 2 amide bonds. The summed E-state index contributed by atoms with van der Waals surface area (Å²) in [6.07, 6.45) is 1.52. The number of nitro benzene ring substituents is 1. The fourth-order valence-electron chi connectivity index (χ4n) is 2.77. The molecule has 142 valence electrons. The van der Waals surface area contributed by atoms with Crippen molar-refractivity contribution in [2.75, 3.05) is 6.79 Å². The quantitative estimate of drug-likeness (QED) is 0.416. The number of fused-ring (bicyclic) bond motifs is 1. The summed E-state index contributed by atoms with van der Waals surface area (Å²) in [6, 6.07) is 9.03. The first-order chi connectivity index (χ1) is 13.4. The van der Waals surface area contributed by atoms with E-state index in [9.17, 15) is 19.7 Å². The molecule has 0 atom stereocenters. The number of carbonyl (C=O) groups is 2. The molecule has 2 heterocycles. The number of rotatable bonds is 4. The van der Waals surface area contributed by atoms with Crippen LogP contribution in [0.4, 0.5) is 10.5 Å². The number of amides is 2. The highest BCUT2D eigenvalue weighted by molar-refractivity contribution is 8.18. The van der Waals surface area contributed by atoms with Gasteiger partial charge in [-0.2, -0.15) is 0 Å². The van der Waals surface area contributed by atoms with Gasteiger partial charge in [-0.15, -0.1) is 0 Å². The van der Waals surface area contributed by atoms with E-state index >= 15 is 0 Å². The Morgan fingerprint density at radius 2 is 1.96 bits per heavy atom. The average molecular weight is 419 g/mol. The van der Waals surface area contributed by atoms with Crippen LogP contribution in [-0.4, -0.2) is 27.8 Å². The Morgan fingerprint density at radius 3 is 2.71 bits per heavy atom. The van der Waals surface area contributed by atoms with Gasteiger partial charge in [-0.1, -0.05) is 23.7 Å². The molecule has 2 aliphatic rings. The Labute approximate surface area is 167 Å². The number of thioether (sulfide) groups is 1. The Kier molecular flexibility index (Phi) is 4.70. The third-order valence-corrected chi connectivity index (χ3v) is 5.35. The minimum Gasteiger partial charge on any atom is -0.454 e. The van der Waals surface area contributed by atoms with Crippen LogP contribution in [0.2, 0.25) is 5.02 Å². The van der Waals surface area contributed by atoms with E-state index in [2.05, 4.69) is 0 Å². The number of non-ortho nitro benzene ring substituents is 1. The second kappa shape index (κ2) is 7.17. The summed E-state index contributed by atoms with van der Waals surface area (Å²) in [5, 5.41) is 10.8.